The van der Waals surface area contributed by atoms with Crippen LogP contribution in [0, 0.1) is 0 Å². The Balaban J connectivity index is 2.21. The van der Waals surface area contributed by atoms with Gasteiger partial charge in [0.25, 0.3) is 0 Å². The first-order valence-corrected chi connectivity index (χ1v) is 6.11. The van der Waals surface area contributed by atoms with Crippen LogP contribution in [0.3, 0.4) is 0 Å². The molecule has 2 N–H and O–H groups in total. The molecule has 0 saturated heterocycles. The Hall–Kier alpha value is -2.25. The Morgan fingerprint density at radius 3 is 2.52 bits per heavy atom. The number of hydrogen-bond acceptors (Lipinski definition) is 3. The van der Waals surface area contributed by atoms with E-state index in [0.29, 0.717) is 5.69 Å². The zero-order valence-corrected chi connectivity index (χ0v) is 11.6. The summed E-state index contributed by atoms with van der Waals surface area (Å²) in [6.45, 7) is 5.12. The van der Waals surface area contributed by atoms with E-state index in [-0.39, 0.29) is 11.0 Å². The normalized spacial score (nSPS) is 12.5. The fraction of sp³-hybridized carbons (Fsp3) is 0.385. The van der Waals surface area contributed by atoms with Crippen LogP contribution < -0.4 is 5.32 Å². The fourth-order valence-electron chi connectivity index (χ4n) is 1.64. The van der Waals surface area contributed by atoms with Crippen molar-refractivity contribution in [1.82, 2.24) is 9.97 Å². The first-order chi connectivity index (χ1) is 9.54. The summed E-state index contributed by atoms with van der Waals surface area (Å²) in [7, 11) is 0. The SMILES string of the molecule is CC(C)(C)OC(=O)Nc1ccc2[nH]c(C(F)(F)F)nc2c1. The van der Waals surface area contributed by atoms with E-state index in [4.69, 9.17) is 4.74 Å². The Labute approximate surface area is 118 Å². The molecule has 0 radical (unpaired) electrons. The van der Waals surface area contributed by atoms with Gasteiger partial charge in [-0.25, -0.2) is 9.78 Å². The van der Waals surface area contributed by atoms with E-state index in [1.807, 2.05) is 0 Å². The summed E-state index contributed by atoms with van der Waals surface area (Å²) in [5, 5.41) is 2.44. The summed E-state index contributed by atoms with van der Waals surface area (Å²) < 4.78 is 42.7. The van der Waals surface area contributed by atoms with Gasteiger partial charge in [-0.1, -0.05) is 0 Å². The number of ether oxygens (including phenoxy) is 1. The molecule has 1 aromatic carbocycles. The zero-order valence-electron chi connectivity index (χ0n) is 11.6. The third kappa shape index (κ3) is 3.87. The van der Waals surface area contributed by atoms with Crippen molar-refractivity contribution in [3.63, 3.8) is 0 Å². The van der Waals surface area contributed by atoms with E-state index in [1.54, 1.807) is 20.8 Å². The molecule has 1 aromatic heterocycles. The van der Waals surface area contributed by atoms with Crippen LogP contribution in [0.4, 0.5) is 23.7 Å². The number of halogens is 3. The highest BCUT2D eigenvalue weighted by atomic mass is 19.4. The predicted molar refractivity (Wildman–Crippen MR) is 71.0 cm³/mol. The Kier molecular flexibility index (Phi) is 3.56. The number of carbonyl (C=O) groups excluding carboxylic acids is 1. The third-order valence-corrected chi connectivity index (χ3v) is 2.40. The van der Waals surface area contributed by atoms with Crippen LogP contribution in [0.5, 0.6) is 0 Å². The van der Waals surface area contributed by atoms with E-state index in [9.17, 15) is 18.0 Å². The number of anilines is 1. The molecule has 8 heteroatoms. The summed E-state index contributed by atoms with van der Waals surface area (Å²) in [6.07, 6.45) is -5.23. The second kappa shape index (κ2) is 4.94. The highest BCUT2D eigenvalue weighted by molar-refractivity contribution is 5.88. The lowest BCUT2D eigenvalue weighted by atomic mass is 10.2. The van der Waals surface area contributed by atoms with Crippen molar-refractivity contribution in [1.29, 1.82) is 0 Å². The lowest BCUT2D eigenvalue weighted by Gasteiger charge is -2.19. The van der Waals surface area contributed by atoms with Crippen LogP contribution in [0.2, 0.25) is 0 Å². The summed E-state index contributed by atoms with van der Waals surface area (Å²) in [5.41, 5.74) is -0.0193. The van der Waals surface area contributed by atoms with Gasteiger partial charge in [0.15, 0.2) is 0 Å². The Bertz CT molecular complexity index is 671. The average molecular weight is 301 g/mol. The molecule has 0 spiro atoms. The van der Waals surface area contributed by atoms with Gasteiger partial charge in [0.1, 0.15) is 5.60 Å². The second-order valence-corrected chi connectivity index (χ2v) is 5.44. The van der Waals surface area contributed by atoms with Gasteiger partial charge in [-0.2, -0.15) is 13.2 Å². The number of carbonyl (C=O) groups is 1. The number of hydrogen-bond donors (Lipinski definition) is 2. The molecule has 0 bridgehead atoms. The molecule has 21 heavy (non-hydrogen) atoms. The molecule has 0 aliphatic carbocycles. The van der Waals surface area contributed by atoms with Gasteiger partial charge in [0, 0.05) is 5.69 Å². The van der Waals surface area contributed by atoms with Crippen molar-refractivity contribution < 1.29 is 22.7 Å². The number of benzene rings is 1. The molecule has 2 aromatic rings. The lowest BCUT2D eigenvalue weighted by Crippen LogP contribution is -2.27. The van der Waals surface area contributed by atoms with Crippen molar-refractivity contribution in [3.8, 4) is 0 Å². The van der Waals surface area contributed by atoms with Gasteiger partial charge >= 0.3 is 12.3 Å². The van der Waals surface area contributed by atoms with Crippen LogP contribution in [-0.2, 0) is 10.9 Å². The summed E-state index contributed by atoms with van der Waals surface area (Å²) in [6, 6.07) is 4.21. The highest BCUT2D eigenvalue weighted by Gasteiger charge is 2.34. The molecule has 1 heterocycles. The minimum atomic E-state index is -4.54. The molecular weight excluding hydrogens is 287 g/mol. The maximum absolute atomic E-state index is 12.5. The molecular formula is C13H14F3N3O2. The predicted octanol–water partition coefficient (Wildman–Crippen LogP) is 3.93. The fourth-order valence-corrected chi connectivity index (χ4v) is 1.64. The quantitative estimate of drug-likeness (QED) is 0.838. The molecule has 5 nitrogen and oxygen atoms in total. The van der Waals surface area contributed by atoms with Crippen molar-refractivity contribution in [3.05, 3.63) is 24.0 Å². The number of rotatable bonds is 1. The van der Waals surface area contributed by atoms with Gasteiger partial charge in [0.2, 0.25) is 5.82 Å². The molecule has 1 amide bonds. The van der Waals surface area contributed by atoms with Crippen LogP contribution in [-0.4, -0.2) is 21.7 Å². The van der Waals surface area contributed by atoms with Gasteiger partial charge in [0.05, 0.1) is 11.0 Å². The molecule has 0 fully saturated rings. The number of H-pyrrole nitrogens is 1. The molecule has 0 aliphatic rings. The van der Waals surface area contributed by atoms with Gasteiger partial charge < -0.3 is 9.72 Å². The topological polar surface area (TPSA) is 67.0 Å². The molecule has 114 valence electrons. The summed E-state index contributed by atoms with van der Waals surface area (Å²) >= 11 is 0. The monoisotopic (exact) mass is 301 g/mol. The minimum Gasteiger partial charge on any atom is -0.444 e. The average Bonchev–Trinajstić information content (AvgIpc) is 2.68. The number of fused-ring (bicyclic) bond motifs is 1. The number of nitrogens with one attached hydrogen (secondary N) is 2. The first kappa shape index (κ1) is 15.1. The number of nitrogens with zero attached hydrogens (tertiary/aromatic N) is 1. The summed E-state index contributed by atoms with van der Waals surface area (Å²) in [4.78, 5) is 17.2. The minimum absolute atomic E-state index is 0.107. The van der Waals surface area contributed by atoms with Crippen LogP contribution in [0.1, 0.15) is 26.6 Å². The molecule has 2 rings (SSSR count). The maximum Gasteiger partial charge on any atom is 0.449 e. The smallest absolute Gasteiger partial charge is 0.444 e. The van der Waals surface area contributed by atoms with Crippen molar-refractivity contribution in [2.45, 2.75) is 32.5 Å². The Morgan fingerprint density at radius 1 is 1.29 bits per heavy atom. The molecule has 0 aliphatic heterocycles. The molecule has 0 saturated carbocycles. The van der Waals surface area contributed by atoms with E-state index >= 15 is 0 Å². The number of imidazole rings is 1. The largest absolute Gasteiger partial charge is 0.449 e. The van der Waals surface area contributed by atoms with Gasteiger partial charge in [-0.05, 0) is 39.0 Å². The zero-order chi connectivity index (χ0) is 15.8. The third-order valence-electron chi connectivity index (χ3n) is 2.40. The molecule has 0 atom stereocenters. The van der Waals surface area contributed by atoms with E-state index in [0.717, 1.165) is 0 Å². The Morgan fingerprint density at radius 2 is 1.95 bits per heavy atom. The maximum atomic E-state index is 12.5. The van der Waals surface area contributed by atoms with Gasteiger partial charge in [-0.15, -0.1) is 0 Å². The van der Waals surface area contributed by atoms with Crippen LogP contribution in [0.15, 0.2) is 18.2 Å². The van der Waals surface area contributed by atoms with E-state index in [1.165, 1.54) is 18.2 Å². The van der Waals surface area contributed by atoms with Crippen molar-refractivity contribution >= 4 is 22.8 Å². The second-order valence-electron chi connectivity index (χ2n) is 5.44. The molecule has 0 unspecified atom stereocenters. The number of aromatic nitrogens is 2. The van der Waals surface area contributed by atoms with E-state index < -0.39 is 23.7 Å². The van der Waals surface area contributed by atoms with Gasteiger partial charge in [-0.3, -0.25) is 5.32 Å². The summed E-state index contributed by atoms with van der Waals surface area (Å²) in [5.74, 6) is -1.08. The number of amides is 1. The van der Waals surface area contributed by atoms with Crippen LogP contribution in [0.25, 0.3) is 11.0 Å². The van der Waals surface area contributed by atoms with E-state index in [2.05, 4.69) is 15.3 Å². The van der Waals surface area contributed by atoms with Crippen molar-refractivity contribution in [2.75, 3.05) is 5.32 Å². The lowest BCUT2D eigenvalue weighted by molar-refractivity contribution is -0.144. The van der Waals surface area contributed by atoms with Crippen LogP contribution >= 0.6 is 0 Å². The first-order valence-electron chi connectivity index (χ1n) is 6.11. The number of alkyl halides is 3. The standard InChI is InChI=1S/C13H14F3N3O2/c1-12(2,3)21-11(20)17-7-4-5-8-9(6-7)19-10(18-8)13(14,15)16/h4-6H,1-3H3,(H,17,20)(H,18,19). The number of aromatic amines is 1. The highest BCUT2D eigenvalue weighted by Crippen LogP contribution is 2.29. The van der Waals surface area contributed by atoms with Crippen molar-refractivity contribution in [2.24, 2.45) is 0 Å².